The van der Waals surface area contributed by atoms with Gasteiger partial charge >= 0.3 is 0 Å². The summed E-state index contributed by atoms with van der Waals surface area (Å²) in [4.78, 5) is 8.91. The molecule has 1 aromatic carbocycles. The Morgan fingerprint density at radius 3 is 2.72 bits per heavy atom. The van der Waals surface area contributed by atoms with Crippen molar-refractivity contribution in [2.45, 2.75) is 39.5 Å². The summed E-state index contributed by atoms with van der Waals surface area (Å²) in [6, 6.07) is 7.88. The Hall–Kier alpha value is -2.08. The number of halogens is 1. The predicted octanol–water partition coefficient (Wildman–Crippen LogP) is 3.19. The van der Waals surface area contributed by atoms with Crippen molar-refractivity contribution >= 4 is 17.6 Å². The average Bonchev–Trinajstić information content (AvgIpc) is 3.06. The first-order chi connectivity index (χ1) is 12.1. The summed E-state index contributed by atoms with van der Waals surface area (Å²) >= 11 is 6.18. The first-order valence-corrected chi connectivity index (χ1v) is 9.06. The van der Waals surface area contributed by atoms with Gasteiger partial charge in [-0.25, -0.2) is 0 Å². The SMILES string of the molecule is CCNC(=NCCc1nc(C(C)C)no1)NCCc1ccccc1Cl. The van der Waals surface area contributed by atoms with E-state index in [1.165, 1.54) is 0 Å². The van der Waals surface area contributed by atoms with Gasteiger partial charge in [0.05, 0.1) is 6.54 Å². The fraction of sp³-hybridized carbons (Fsp3) is 0.500. The zero-order valence-electron chi connectivity index (χ0n) is 15.1. The molecular formula is C18H26ClN5O. The van der Waals surface area contributed by atoms with Crippen molar-refractivity contribution in [3.8, 4) is 0 Å². The van der Waals surface area contributed by atoms with E-state index >= 15 is 0 Å². The molecular weight excluding hydrogens is 338 g/mol. The van der Waals surface area contributed by atoms with Gasteiger partial charge in [-0.2, -0.15) is 4.98 Å². The van der Waals surface area contributed by atoms with E-state index < -0.39 is 0 Å². The summed E-state index contributed by atoms with van der Waals surface area (Å²) < 4.78 is 5.23. The lowest BCUT2D eigenvalue weighted by atomic mass is 10.1. The molecule has 136 valence electrons. The van der Waals surface area contributed by atoms with E-state index in [4.69, 9.17) is 16.1 Å². The molecule has 0 fully saturated rings. The summed E-state index contributed by atoms with van der Waals surface area (Å²) in [5, 5.41) is 11.3. The number of aromatic nitrogens is 2. The van der Waals surface area contributed by atoms with E-state index in [2.05, 4.69) is 25.8 Å². The van der Waals surface area contributed by atoms with E-state index in [0.717, 1.165) is 41.9 Å². The monoisotopic (exact) mass is 363 g/mol. The summed E-state index contributed by atoms with van der Waals surface area (Å²) in [5.74, 6) is 2.41. The fourth-order valence-corrected chi connectivity index (χ4v) is 2.46. The predicted molar refractivity (Wildman–Crippen MR) is 101 cm³/mol. The van der Waals surface area contributed by atoms with Crippen LogP contribution in [0.15, 0.2) is 33.8 Å². The van der Waals surface area contributed by atoms with Gasteiger partial charge in [-0.05, 0) is 25.0 Å². The van der Waals surface area contributed by atoms with Gasteiger partial charge in [0.25, 0.3) is 0 Å². The highest BCUT2D eigenvalue weighted by molar-refractivity contribution is 6.31. The lowest BCUT2D eigenvalue weighted by molar-refractivity contribution is 0.372. The third-order valence-electron chi connectivity index (χ3n) is 3.58. The number of rotatable bonds is 8. The number of hydrogen-bond donors (Lipinski definition) is 2. The Morgan fingerprint density at radius 2 is 2.04 bits per heavy atom. The minimum Gasteiger partial charge on any atom is -0.357 e. The largest absolute Gasteiger partial charge is 0.357 e. The maximum absolute atomic E-state index is 6.18. The van der Waals surface area contributed by atoms with Crippen molar-refractivity contribution in [3.05, 3.63) is 46.6 Å². The average molecular weight is 364 g/mol. The number of aliphatic imine (C=N–C) groups is 1. The Labute approximate surface area is 154 Å². The molecule has 0 radical (unpaired) electrons. The van der Waals surface area contributed by atoms with Crippen molar-refractivity contribution in [1.82, 2.24) is 20.8 Å². The van der Waals surface area contributed by atoms with Crippen LogP contribution in [0.25, 0.3) is 0 Å². The molecule has 0 spiro atoms. The molecule has 0 aliphatic heterocycles. The van der Waals surface area contributed by atoms with Crippen LogP contribution in [0.1, 0.15) is 44.0 Å². The third kappa shape index (κ3) is 6.38. The van der Waals surface area contributed by atoms with Crippen LogP contribution in [-0.2, 0) is 12.8 Å². The van der Waals surface area contributed by atoms with Crippen LogP contribution in [0.2, 0.25) is 5.02 Å². The molecule has 2 N–H and O–H groups in total. The normalized spacial score (nSPS) is 11.8. The quantitative estimate of drug-likeness (QED) is 0.556. The van der Waals surface area contributed by atoms with Crippen LogP contribution < -0.4 is 10.6 Å². The number of guanidine groups is 1. The van der Waals surface area contributed by atoms with Gasteiger partial charge in [-0.3, -0.25) is 4.99 Å². The highest BCUT2D eigenvalue weighted by Gasteiger charge is 2.09. The maximum Gasteiger partial charge on any atom is 0.228 e. The second-order valence-corrected chi connectivity index (χ2v) is 6.39. The molecule has 25 heavy (non-hydrogen) atoms. The van der Waals surface area contributed by atoms with Crippen LogP contribution in [0.5, 0.6) is 0 Å². The van der Waals surface area contributed by atoms with E-state index in [1.54, 1.807) is 0 Å². The number of hydrogen-bond acceptors (Lipinski definition) is 4. The van der Waals surface area contributed by atoms with Gasteiger partial charge in [0.15, 0.2) is 11.8 Å². The number of benzene rings is 1. The van der Waals surface area contributed by atoms with Crippen molar-refractivity contribution < 1.29 is 4.52 Å². The second-order valence-electron chi connectivity index (χ2n) is 5.98. The zero-order valence-corrected chi connectivity index (χ0v) is 15.8. The second kappa shape index (κ2) is 10.0. The molecule has 0 aliphatic rings. The fourth-order valence-electron chi connectivity index (χ4n) is 2.23. The van der Waals surface area contributed by atoms with Crippen molar-refractivity contribution in [2.75, 3.05) is 19.6 Å². The molecule has 2 rings (SSSR count). The van der Waals surface area contributed by atoms with E-state index in [1.807, 2.05) is 45.0 Å². The Morgan fingerprint density at radius 1 is 1.24 bits per heavy atom. The molecule has 0 saturated heterocycles. The Balaban J connectivity index is 1.82. The van der Waals surface area contributed by atoms with Crippen LogP contribution in [0.4, 0.5) is 0 Å². The van der Waals surface area contributed by atoms with Gasteiger partial charge in [0.1, 0.15) is 0 Å². The number of nitrogens with zero attached hydrogens (tertiary/aromatic N) is 3. The molecule has 0 bridgehead atoms. The van der Waals surface area contributed by atoms with Gasteiger partial charge in [-0.15, -0.1) is 0 Å². The van der Waals surface area contributed by atoms with Crippen molar-refractivity contribution in [2.24, 2.45) is 4.99 Å². The van der Waals surface area contributed by atoms with Gasteiger partial charge in [-0.1, -0.05) is 48.8 Å². The topological polar surface area (TPSA) is 75.3 Å². The highest BCUT2D eigenvalue weighted by atomic mass is 35.5. The molecule has 2 aromatic rings. The minimum absolute atomic E-state index is 0.268. The van der Waals surface area contributed by atoms with E-state index in [-0.39, 0.29) is 5.92 Å². The van der Waals surface area contributed by atoms with Crippen LogP contribution >= 0.6 is 11.6 Å². The number of nitrogens with one attached hydrogen (secondary N) is 2. The molecule has 1 aromatic heterocycles. The first-order valence-electron chi connectivity index (χ1n) is 8.68. The van der Waals surface area contributed by atoms with Crippen LogP contribution in [0, 0.1) is 0 Å². The van der Waals surface area contributed by atoms with Crippen LogP contribution in [-0.4, -0.2) is 35.7 Å². The molecule has 0 saturated carbocycles. The standard InChI is InChI=1S/C18H26ClN5O/c1-4-20-18(21-11-9-14-7-5-6-8-15(14)19)22-12-10-16-23-17(13(2)3)24-25-16/h5-8,13H,4,9-12H2,1-3H3,(H2,20,21,22). The van der Waals surface area contributed by atoms with Gasteiger partial charge in [0, 0.05) is 30.5 Å². The summed E-state index contributed by atoms with van der Waals surface area (Å²) in [5.41, 5.74) is 1.12. The summed E-state index contributed by atoms with van der Waals surface area (Å²) in [6.07, 6.45) is 1.46. The summed E-state index contributed by atoms with van der Waals surface area (Å²) in [6.45, 7) is 8.26. The van der Waals surface area contributed by atoms with Crippen molar-refractivity contribution in [1.29, 1.82) is 0 Å². The van der Waals surface area contributed by atoms with E-state index in [9.17, 15) is 0 Å². The molecule has 0 amide bonds. The minimum atomic E-state index is 0.268. The summed E-state index contributed by atoms with van der Waals surface area (Å²) in [7, 11) is 0. The van der Waals surface area contributed by atoms with Gasteiger partial charge < -0.3 is 15.2 Å². The molecule has 0 unspecified atom stereocenters. The zero-order chi connectivity index (χ0) is 18.1. The Bertz CT molecular complexity index is 684. The van der Waals surface area contributed by atoms with E-state index in [0.29, 0.717) is 18.9 Å². The maximum atomic E-state index is 6.18. The first kappa shape index (κ1) is 19.2. The lowest BCUT2D eigenvalue weighted by Gasteiger charge is -2.11. The third-order valence-corrected chi connectivity index (χ3v) is 3.95. The highest BCUT2D eigenvalue weighted by Crippen LogP contribution is 2.14. The molecule has 7 heteroatoms. The molecule has 0 aliphatic carbocycles. The smallest absolute Gasteiger partial charge is 0.228 e. The molecule has 0 atom stereocenters. The molecule has 6 nitrogen and oxygen atoms in total. The Kier molecular flexibility index (Phi) is 7.73. The van der Waals surface area contributed by atoms with Crippen LogP contribution in [0.3, 0.4) is 0 Å². The van der Waals surface area contributed by atoms with Gasteiger partial charge in [0.2, 0.25) is 5.89 Å². The molecule has 1 heterocycles. The van der Waals surface area contributed by atoms with Crippen molar-refractivity contribution in [3.63, 3.8) is 0 Å². The lowest BCUT2D eigenvalue weighted by Crippen LogP contribution is -2.38.